The Kier molecular flexibility index (Phi) is 9.44. The van der Waals surface area contributed by atoms with E-state index in [4.69, 9.17) is 10.9 Å². The molecule has 4 nitrogen and oxygen atoms in total. The van der Waals surface area contributed by atoms with Gasteiger partial charge in [-0.2, -0.15) is 0 Å². The number of rotatable bonds is 3. The summed E-state index contributed by atoms with van der Waals surface area (Å²) in [6.07, 6.45) is 1.71. The number of nitrogens with zero attached hydrogens (tertiary/aromatic N) is 1. The van der Waals surface area contributed by atoms with Crippen LogP contribution in [0, 0.1) is 0 Å². The van der Waals surface area contributed by atoms with Crippen molar-refractivity contribution in [3.63, 3.8) is 0 Å². The van der Waals surface area contributed by atoms with Crippen molar-refractivity contribution in [1.82, 2.24) is 5.06 Å². The van der Waals surface area contributed by atoms with Crippen LogP contribution in [-0.4, -0.2) is 22.8 Å². The van der Waals surface area contributed by atoms with Crippen LogP contribution in [0.2, 0.25) is 0 Å². The summed E-state index contributed by atoms with van der Waals surface area (Å²) in [5.41, 5.74) is 4.71. The Morgan fingerprint density at radius 1 is 1.80 bits per heavy atom. The van der Waals surface area contributed by atoms with Gasteiger partial charge >= 0.3 is 35.6 Å². The Bertz CT molecular complexity index is 104. The first kappa shape index (κ1) is 12.9. The van der Waals surface area contributed by atoms with Crippen molar-refractivity contribution < 1.29 is 41.0 Å². The fourth-order valence-electron chi connectivity index (χ4n) is 0.418. The third-order valence-electron chi connectivity index (χ3n) is 0.978. The number of hydroxylamine groups is 2. The molecule has 0 aromatic rings. The van der Waals surface area contributed by atoms with Crippen LogP contribution in [0.25, 0.3) is 0 Å². The molecule has 0 heterocycles. The summed E-state index contributed by atoms with van der Waals surface area (Å²) in [7, 11) is 0. The molecule has 0 radical (unpaired) electrons. The second-order valence-corrected chi connectivity index (χ2v) is 1.81. The van der Waals surface area contributed by atoms with E-state index in [9.17, 15) is 4.79 Å². The number of hydrogen-bond donors (Lipinski definition) is 2. The Labute approximate surface area is 84.1 Å². The molecule has 0 rings (SSSR count). The molecule has 0 aliphatic heterocycles. The summed E-state index contributed by atoms with van der Waals surface area (Å²) < 4.78 is 0. The van der Waals surface area contributed by atoms with E-state index in [0.29, 0.717) is 11.6 Å². The number of hydrogen-bond acceptors (Lipinski definition) is 2. The third-order valence-corrected chi connectivity index (χ3v) is 0.978. The van der Waals surface area contributed by atoms with Gasteiger partial charge in [0.1, 0.15) is 0 Å². The van der Waals surface area contributed by atoms with E-state index in [0.717, 1.165) is 12.8 Å². The number of carbonyl (C=O) groups is 1. The standard InChI is InChI=1S/C5H12N2O2.Na.H/c1-2-3-4-7(9)5(6)8;;/h9H,2-4H2,1H3,(H2,6,8);;/q;+1;-1. The fourth-order valence-corrected chi connectivity index (χ4v) is 0.418. The molecule has 0 fully saturated rings. The van der Waals surface area contributed by atoms with E-state index >= 15 is 0 Å². The summed E-state index contributed by atoms with van der Waals surface area (Å²) in [5, 5.41) is 9.13. The van der Waals surface area contributed by atoms with Crippen LogP contribution in [0.1, 0.15) is 21.2 Å². The number of nitrogens with two attached hydrogens (primary N) is 1. The molecule has 0 unspecified atom stereocenters. The van der Waals surface area contributed by atoms with Crippen LogP contribution in [0.3, 0.4) is 0 Å². The summed E-state index contributed by atoms with van der Waals surface area (Å²) in [6, 6.07) is -0.788. The van der Waals surface area contributed by atoms with Crippen LogP contribution in [0.5, 0.6) is 0 Å². The van der Waals surface area contributed by atoms with Crippen molar-refractivity contribution >= 4 is 6.03 Å². The molecule has 56 valence electrons. The van der Waals surface area contributed by atoms with Gasteiger partial charge < -0.3 is 7.16 Å². The van der Waals surface area contributed by atoms with E-state index < -0.39 is 6.03 Å². The first-order valence-corrected chi connectivity index (χ1v) is 2.94. The number of unbranched alkanes of at least 4 members (excludes halogenated alkanes) is 1. The minimum atomic E-state index is -0.788. The van der Waals surface area contributed by atoms with Crippen LogP contribution in [0.15, 0.2) is 0 Å². The largest absolute Gasteiger partial charge is 1.00 e. The maximum atomic E-state index is 10.1. The monoisotopic (exact) mass is 156 g/mol. The van der Waals surface area contributed by atoms with E-state index in [-0.39, 0.29) is 31.0 Å². The number of urea groups is 1. The maximum Gasteiger partial charge on any atom is 1.00 e. The fraction of sp³-hybridized carbons (Fsp3) is 0.800. The zero-order valence-corrected chi connectivity index (χ0v) is 8.50. The third kappa shape index (κ3) is 6.35. The molecular formula is C5H13N2NaO2. The van der Waals surface area contributed by atoms with E-state index in [2.05, 4.69) is 0 Å². The molecule has 0 aromatic heterocycles. The van der Waals surface area contributed by atoms with Crippen LogP contribution in [-0.2, 0) is 0 Å². The van der Waals surface area contributed by atoms with Gasteiger partial charge in [0.25, 0.3) is 0 Å². The van der Waals surface area contributed by atoms with Gasteiger partial charge in [0.05, 0.1) is 6.54 Å². The average molecular weight is 156 g/mol. The van der Waals surface area contributed by atoms with Crippen molar-refractivity contribution in [2.45, 2.75) is 19.8 Å². The molecule has 0 aliphatic rings. The first-order valence-electron chi connectivity index (χ1n) is 2.94. The van der Waals surface area contributed by atoms with Gasteiger partial charge in [0, 0.05) is 0 Å². The molecule has 0 spiro atoms. The molecule has 2 amide bonds. The minimum absolute atomic E-state index is 0. The molecule has 5 heteroatoms. The van der Waals surface area contributed by atoms with Gasteiger partial charge in [-0.15, -0.1) is 0 Å². The summed E-state index contributed by atoms with van der Waals surface area (Å²) in [6.45, 7) is 2.29. The first-order chi connectivity index (χ1) is 4.18. The molecule has 0 atom stereocenters. The van der Waals surface area contributed by atoms with Gasteiger partial charge in [-0.05, 0) is 6.42 Å². The van der Waals surface area contributed by atoms with Crippen molar-refractivity contribution in [2.24, 2.45) is 5.73 Å². The SMILES string of the molecule is CCCCN(O)C(N)=O.[H-].[Na+]. The van der Waals surface area contributed by atoms with Gasteiger partial charge in [0.2, 0.25) is 0 Å². The normalized spacial score (nSPS) is 8.20. The van der Waals surface area contributed by atoms with Crippen LogP contribution < -0.4 is 35.3 Å². The van der Waals surface area contributed by atoms with E-state index in [1.807, 2.05) is 6.92 Å². The smallest absolute Gasteiger partial charge is 1.00 e. The second-order valence-electron chi connectivity index (χ2n) is 1.81. The Hall–Kier alpha value is 0.230. The second kappa shape index (κ2) is 7.34. The van der Waals surface area contributed by atoms with Crippen LogP contribution >= 0.6 is 0 Å². The Morgan fingerprint density at radius 3 is 2.60 bits per heavy atom. The zero-order valence-electron chi connectivity index (χ0n) is 7.50. The zero-order chi connectivity index (χ0) is 7.28. The topological polar surface area (TPSA) is 66.6 Å². The van der Waals surface area contributed by atoms with Crippen molar-refractivity contribution in [2.75, 3.05) is 6.54 Å². The summed E-state index contributed by atoms with van der Waals surface area (Å²) >= 11 is 0. The molecule has 0 bridgehead atoms. The van der Waals surface area contributed by atoms with Crippen molar-refractivity contribution in [1.29, 1.82) is 0 Å². The van der Waals surface area contributed by atoms with Gasteiger partial charge in [-0.3, -0.25) is 5.21 Å². The molecule has 3 N–H and O–H groups in total. The van der Waals surface area contributed by atoms with Gasteiger partial charge in [-0.25, -0.2) is 9.86 Å². The van der Waals surface area contributed by atoms with Gasteiger partial charge in [-0.1, -0.05) is 13.3 Å². The minimum Gasteiger partial charge on any atom is -1.00 e. The number of amides is 2. The van der Waals surface area contributed by atoms with Gasteiger partial charge in [0.15, 0.2) is 0 Å². The molecule has 0 saturated heterocycles. The van der Waals surface area contributed by atoms with E-state index in [1.54, 1.807) is 0 Å². The maximum absolute atomic E-state index is 10.1. The summed E-state index contributed by atoms with van der Waals surface area (Å²) in [4.78, 5) is 10.1. The number of carbonyl (C=O) groups excluding carboxylic acids is 1. The number of primary amides is 1. The Morgan fingerprint density at radius 2 is 2.30 bits per heavy atom. The van der Waals surface area contributed by atoms with Crippen LogP contribution in [0.4, 0.5) is 4.79 Å². The Balaban J connectivity index is -0.000000320. The summed E-state index contributed by atoms with van der Waals surface area (Å²) in [5.74, 6) is 0. The predicted molar refractivity (Wildman–Crippen MR) is 34.1 cm³/mol. The van der Waals surface area contributed by atoms with Crippen molar-refractivity contribution in [3.8, 4) is 0 Å². The quantitative estimate of drug-likeness (QED) is 0.273. The average Bonchev–Trinajstić information content (AvgIpc) is 1.82. The molecule has 0 aliphatic carbocycles. The predicted octanol–water partition coefficient (Wildman–Crippen LogP) is -2.33. The molecule has 0 aromatic carbocycles. The molecule has 0 saturated carbocycles. The molecule has 10 heavy (non-hydrogen) atoms. The van der Waals surface area contributed by atoms with Crippen molar-refractivity contribution in [3.05, 3.63) is 0 Å². The molecular weight excluding hydrogens is 143 g/mol. The van der Waals surface area contributed by atoms with E-state index in [1.165, 1.54) is 0 Å².